The van der Waals surface area contributed by atoms with E-state index in [1.54, 1.807) is 14.2 Å². The predicted molar refractivity (Wildman–Crippen MR) is 133 cm³/mol. The van der Waals surface area contributed by atoms with Gasteiger partial charge in [-0.3, -0.25) is 4.99 Å². The van der Waals surface area contributed by atoms with Crippen LogP contribution in [0.1, 0.15) is 31.9 Å². The molecule has 0 aliphatic carbocycles. The molecule has 0 radical (unpaired) electrons. The van der Waals surface area contributed by atoms with Crippen molar-refractivity contribution in [2.24, 2.45) is 10.9 Å². The Hall–Kier alpha value is -1.81. The highest BCUT2D eigenvalue weighted by Crippen LogP contribution is 2.16. The number of rotatable bonds is 8. The number of aliphatic imine (C=N–C) groups is 1. The Bertz CT molecular complexity index is 768. The highest BCUT2D eigenvalue weighted by molar-refractivity contribution is 14.0. The van der Waals surface area contributed by atoms with Gasteiger partial charge in [0.15, 0.2) is 5.96 Å². The Labute approximate surface area is 197 Å². The molecule has 1 aliphatic heterocycles. The van der Waals surface area contributed by atoms with Crippen LogP contribution in [0.15, 0.2) is 41.5 Å². The summed E-state index contributed by atoms with van der Waals surface area (Å²) in [6, 6.07) is 9.87. The molecule has 1 aliphatic rings. The number of hydrogen-bond donors (Lipinski definition) is 2. The smallest absolute Gasteiger partial charge is 0.191 e. The molecule has 7 nitrogen and oxygen atoms in total. The second kappa shape index (κ2) is 12.8. The molecule has 1 fully saturated rings. The van der Waals surface area contributed by atoms with E-state index in [9.17, 15) is 0 Å². The van der Waals surface area contributed by atoms with Crippen molar-refractivity contribution in [3.05, 3.63) is 42.2 Å². The number of aromatic nitrogens is 2. The molecule has 1 aromatic carbocycles. The first-order valence-electron chi connectivity index (χ1n) is 10.5. The first-order valence-corrected chi connectivity index (χ1v) is 10.5. The maximum Gasteiger partial charge on any atom is 0.191 e. The lowest BCUT2D eigenvalue weighted by Gasteiger charge is -2.30. The Morgan fingerprint density at radius 2 is 1.90 bits per heavy atom. The maximum atomic E-state index is 5.20. The third kappa shape index (κ3) is 7.46. The fourth-order valence-electron chi connectivity index (χ4n) is 3.52. The minimum atomic E-state index is 0. The fraction of sp³-hybridized carbons (Fsp3) is 0.545. The van der Waals surface area contributed by atoms with E-state index < -0.39 is 0 Å². The highest BCUT2D eigenvalue weighted by atomic mass is 127. The van der Waals surface area contributed by atoms with E-state index in [0.717, 1.165) is 48.5 Å². The van der Waals surface area contributed by atoms with Crippen LogP contribution in [0.4, 0.5) is 0 Å². The van der Waals surface area contributed by atoms with Crippen LogP contribution in [0.5, 0.6) is 5.75 Å². The van der Waals surface area contributed by atoms with Gasteiger partial charge in [0.05, 0.1) is 25.0 Å². The highest BCUT2D eigenvalue weighted by Gasteiger charge is 2.14. The van der Waals surface area contributed by atoms with E-state index in [2.05, 4.69) is 32.5 Å². The maximum absolute atomic E-state index is 5.20. The standard InChI is InChI=1S/C22H34N6O.HI/c1-18-9-14-27(15-10-18)13-4-12-24-22(23-2)25-17-19-11-16-28(26-19)20-5-7-21(29-3)8-6-20;/h5-8,11,16,18H,4,9-10,12-15,17H2,1-3H3,(H2,23,24,25);1H. The van der Waals surface area contributed by atoms with Crippen LogP contribution in [0.3, 0.4) is 0 Å². The van der Waals surface area contributed by atoms with Crippen LogP contribution in [-0.2, 0) is 6.54 Å². The van der Waals surface area contributed by atoms with Gasteiger partial charge >= 0.3 is 0 Å². The monoisotopic (exact) mass is 526 g/mol. The summed E-state index contributed by atoms with van der Waals surface area (Å²) in [7, 11) is 3.47. The summed E-state index contributed by atoms with van der Waals surface area (Å²) >= 11 is 0. The largest absolute Gasteiger partial charge is 0.497 e. The van der Waals surface area contributed by atoms with Crippen molar-refractivity contribution < 1.29 is 4.74 Å². The average Bonchev–Trinajstić information content (AvgIpc) is 3.23. The Morgan fingerprint density at radius 3 is 2.57 bits per heavy atom. The lowest BCUT2D eigenvalue weighted by Crippen LogP contribution is -2.39. The van der Waals surface area contributed by atoms with Crippen molar-refractivity contribution in [3.63, 3.8) is 0 Å². The normalized spacial score (nSPS) is 15.5. The molecule has 0 atom stereocenters. The molecule has 2 N–H and O–H groups in total. The molecule has 0 amide bonds. The second-order valence-electron chi connectivity index (χ2n) is 7.68. The zero-order valence-corrected chi connectivity index (χ0v) is 20.6. The molecule has 8 heteroatoms. The summed E-state index contributed by atoms with van der Waals surface area (Å²) in [5, 5.41) is 11.4. The first kappa shape index (κ1) is 24.5. The van der Waals surface area contributed by atoms with E-state index in [-0.39, 0.29) is 24.0 Å². The summed E-state index contributed by atoms with van der Waals surface area (Å²) in [5.74, 6) is 2.55. The third-order valence-corrected chi connectivity index (χ3v) is 5.46. The molecule has 2 aromatic rings. The van der Waals surface area contributed by atoms with Crippen molar-refractivity contribution in [2.75, 3.05) is 40.3 Å². The number of piperidine rings is 1. The number of nitrogens with one attached hydrogen (secondary N) is 2. The van der Waals surface area contributed by atoms with E-state index >= 15 is 0 Å². The summed E-state index contributed by atoms with van der Waals surface area (Å²) in [6.07, 6.45) is 5.76. The molecule has 0 unspecified atom stereocenters. The predicted octanol–water partition coefficient (Wildman–Crippen LogP) is 3.29. The van der Waals surface area contributed by atoms with Gasteiger partial charge < -0.3 is 20.3 Å². The van der Waals surface area contributed by atoms with E-state index in [4.69, 9.17) is 4.74 Å². The summed E-state index contributed by atoms with van der Waals surface area (Å²) < 4.78 is 7.07. The van der Waals surface area contributed by atoms with Gasteiger partial charge in [0, 0.05) is 19.8 Å². The van der Waals surface area contributed by atoms with Gasteiger partial charge in [-0.25, -0.2) is 4.68 Å². The molecule has 1 saturated heterocycles. The number of methoxy groups -OCH3 is 1. The van der Waals surface area contributed by atoms with E-state index in [1.165, 1.54) is 25.9 Å². The first-order chi connectivity index (χ1) is 14.2. The van der Waals surface area contributed by atoms with Gasteiger partial charge in [0.1, 0.15) is 5.75 Å². The molecule has 2 heterocycles. The van der Waals surface area contributed by atoms with Crippen LogP contribution in [0, 0.1) is 5.92 Å². The van der Waals surface area contributed by atoms with Crippen LogP contribution in [-0.4, -0.2) is 61.0 Å². The van der Waals surface area contributed by atoms with Crippen molar-refractivity contribution >= 4 is 29.9 Å². The zero-order valence-electron chi connectivity index (χ0n) is 18.3. The Morgan fingerprint density at radius 1 is 1.17 bits per heavy atom. The van der Waals surface area contributed by atoms with Gasteiger partial charge in [-0.1, -0.05) is 6.92 Å². The zero-order chi connectivity index (χ0) is 20.5. The lowest BCUT2D eigenvalue weighted by molar-refractivity contribution is 0.191. The number of nitrogens with zero attached hydrogens (tertiary/aromatic N) is 4. The molecule has 30 heavy (non-hydrogen) atoms. The van der Waals surface area contributed by atoms with Gasteiger partial charge in [-0.2, -0.15) is 5.10 Å². The quantitative estimate of drug-likeness (QED) is 0.239. The van der Waals surface area contributed by atoms with Crippen molar-refractivity contribution in [2.45, 2.75) is 32.7 Å². The van der Waals surface area contributed by atoms with Gasteiger partial charge in [0.2, 0.25) is 0 Å². The van der Waals surface area contributed by atoms with Crippen LogP contribution < -0.4 is 15.4 Å². The summed E-state index contributed by atoms with van der Waals surface area (Å²) in [5.41, 5.74) is 1.97. The van der Waals surface area contributed by atoms with E-state index in [1.807, 2.05) is 41.2 Å². The third-order valence-electron chi connectivity index (χ3n) is 5.46. The van der Waals surface area contributed by atoms with Crippen LogP contribution in [0.2, 0.25) is 0 Å². The minimum absolute atomic E-state index is 0. The SMILES string of the molecule is CN=C(NCCCN1CCC(C)CC1)NCc1ccn(-c2ccc(OC)cc2)n1.I. The molecule has 0 bridgehead atoms. The second-order valence-corrected chi connectivity index (χ2v) is 7.68. The Balaban J connectivity index is 0.00000320. The van der Waals surface area contributed by atoms with Crippen LogP contribution >= 0.6 is 24.0 Å². The van der Waals surface area contributed by atoms with Gasteiger partial charge in [-0.05, 0) is 75.1 Å². The number of likely N-dealkylation sites (tertiary alicyclic amines) is 1. The molecule has 0 saturated carbocycles. The number of ether oxygens (including phenoxy) is 1. The lowest BCUT2D eigenvalue weighted by atomic mass is 9.99. The topological polar surface area (TPSA) is 66.7 Å². The molecule has 3 rings (SSSR count). The minimum Gasteiger partial charge on any atom is -0.497 e. The molecular formula is C22H35IN6O. The fourth-order valence-corrected chi connectivity index (χ4v) is 3.52. The van der Waals surface area contributed by atoms with Crippen molar-refractivity contribution in [1.29, 1.82) is 0 Å². The number of hydrogen-bond acceptors (Lipinski definition) is 4. The van der Waals surface area contributed by atoms with Gasteiger partial charge in [0.25, 0.3) is 0 Å². The summed E-state index contributed by atoms with van der Waals surface area (Å²) in [6.45, 7) is 7.55. The van der Waals surface area contributed by atoms with E-state index in [0.29, 0.717) is 6.54 Å². The molecule has 0 spiro atoms. The Kier molecular flexibility index (Phi) is 10.4. The molecular weight excluding hydrogens is 491 g/mol. The summed E-state index contributed by atoms with van der Waals surface area (Å²) in [4.78, 5) is 6.89. The molecule has 1 aromatic heterocycles. The number of halogens is 1. The van der Waals surface area contributed by atoms with Crippen molar-refractivity contribution in [3.8, 4) is 11.4 Å². The van der Waals surface area contributed by atoms with Gasteiger partial charge in [-0.15, -0.1) is 24.0 Å². The van der Waals surface area contributed by atoms with Crippen LogP contribution in [0.25, 0.3) is 5.69 Å². The number of guanidine groups is 1. The van der Waals surface area contributed by atoms with Crippen molar-refractivity contribution in [1.82, 2.24) is 25.3 Å². The molecule has 166 valence electrons. The average molecular weight is 526 g/mol. The number of benzene rings is 1.